The molecule has 1 aromatic carbocycles. The summed E-state index contributed by atoms with van der Waals surface area (Å²) in [5, 5.41) is 0. The third-order valence-electron chi connectivity index (χ3n) is 2.78. The molecule has 0 aliphatic carbocycles. The standard InChI is InChI=1S/C14H19Cl/c1-10(2)14(9-15)8-13-6-5-11(3)12(4)7-13/h5-8,10H,9H2,1-4H3. The van der Waals surface area contributed by atoms with Crippen molar-refractivity contribution in [2.24, 2.45) is 5.92 Å². The highest BCUT2D eigenvalue weighted by Crippen LogP contribution is 2.18. The highest BCUT2D eigenvalue weighted by Gasteiger charge is 2.02. The van der Waals surface area contributed by atoms with Crippen LogP contribution in [-0.4, -0.2) is 5.88 Å². The van der Waals surface area contributed by atoms with Crippen molar-refractivity contribution < 1.29 is 0 Å². The van der Waals surface area contributed by atoms with Gasteiger partial charge in [0.05, 0.1) is 0 Å². The largest absolute Gasteiger partial charge is 0.122 e. The maximum absolute atomic E-state index is 5.92. The molecule has 1 heteroatoms. The average Bonchev–Trinajstić information content (AvgIpc) is 2.19. The first-order chi connectivity index (χ1) is 7.04. The quantitative estimate of drug-likeness (QED) is 0.657. The van der Waals surface area contributed by atoms with Crippen LogP contribution >= 0.6 is 11.6 Å². The van der Waals surface area contributed by atoms with Crippen molar-refractivity contribution in [1.29, 1.82) is 0 Å². The zero-order valence-corrected chi connectivity index (χ0v) is 10.7. The summed E-state index contributed by atoms with van der Waals surface area (Å²) in [7, 11) is 0. The summed E-state index contributed by atoms with van der Waals surface area (Å²) in [6.07, 6.45) is 2.20. The summed E-state index contributed by atoms with van der Waals surface area (Å²) in [4.78, 5) is 0. The van der Waals surface area contributed by atoms with E-state index in [2.05, 4.69) is 52.0 Å². The van der Waals surface area contributed by atoms with E-state index in [-0.39, 0.29) is 0 Å². The Morgan fingerprint density at radius 1 is 1.27 bits per heavy atom. The van der Waals surface area contributed by atoms with Gasteiger partial charge in [-0.2, -0.15) is 0 Å². The van der Waals surface area contributed by atoms with E-state index in [4.69, 9.17) is 11.6 Å². The van der Waals surface area contributed by atoms with E-state index in [0.717, 1.165) is 0 Å². The Hall–Kier alpha value is -0.750. The molecule has 0 nitrogen and oxygen atoms in total. The molecule has 0 saturated carbocycles. The van der Waals surface area contributed by atoms with Crippen molar-refractivity contribution >= 4 is 17.7 Å². The first-order valence-electron chi connectivity index (χ1n) is 5.38. The van der Waals surface area contributed by atoms with Crippen LogP contribution in [0.5, 0.6) is 0 Å². The van der Waals surface area contributed by atoms with E-state index in [1.54, 1.807) is 0 Å². The average molecular weight is 223 g/mol. The van der Waals surface area contributed by atoms with E-state index in [1.165, 1.54) is 22.3 Å². The van der Waals surface area contributed by atoms with Crippen LogP contribution in [0.3, 0.4) is 0 Å². The molecule has 82 valence electrons. The van der Waals surface area contributed by atoms with Gasteiger partial charge in [0.25, 0.3) is 0 Å². The normalized spacial score (nSPS) is 12.3. The summed E-state index contributed by atoms with van der Waals surface area (Å²) >= 11 is 5.92. The summed E-state index contributed by atoms with van der Waals surface area (Å²) in [6.45, 7) is 8.63. The summed E-state index contributed by atoms with van der Waals surface area (Å²) in [5.41, 5.74) is 5.22. The summed E-state index contributed by atoms with van der Waals surface area (Å²) in [6, 6.07) is 6.52. The highest BCUT2D eigenvalue weighted by molar-refractivity contribution is 6.19. The van der Waals surface area contributed by atoms with Gasteiger partial charge in [-0.25, -0.2) is 0 Å². The lowest BCUT2D eigenvalue weighted by Gasteiger charge is -2.08. The third kappa shape index (κ3) is 3.39. The number of rotatable bonds is 3. The number of hydrogen-bond donors (Lipinski definition) is 0. The molecule has 0 heterocycles. The van der Waals surface area contributed by atoms with Gasteiger partial charge in [-0.15, -0.1) is 11.6 Å². The third-order valence-corrected chi connectivity index (χ3v) is 3.09. The van der Waals surface area contributed by atoms with Gasteiger partial charge >= 0.3 is 0 Å². The maximum atomic E-state index is 5.92. The van der Waals surface area contributed by atoms with Gasteiger partial charge in [-0.3, -0.25) is 0 Å². The van der Waals surface area contributed by atoms with E-state index >= 15 is 0 Å². The van der Waals surface area contributed by atoms with Crippen molar-refractivity contribution in [2.45, 2.75) is 27.7 Å². The van der Waals surface area contributed by atoms with Crippen molar-refractivity contribution in [1.82, 2.24) is 0 Å². The maximum Gasteiger partial charge on any atom is 0.0439 e. The van der Waals surface area contributed by atoms with Crippen molar-refractivity contribution in [3.63, 3.8) is 0 Å². The fourth-order valence-corrected chi connectivity index (χ4v) is 1.81. The van der Waals surface area contributed by atoms with Crippen LogP contribution in [0.25, 0.3) is 6.08 Å². The smallest absolute Gasteiger partial charge is 0.0439 e. The Bertz CT molecular complexity index is 362. The fraction of sp³-hybridized carbons (Fsp3) is 0.429. The van der Waals surface area contributed by atoms with Gasteiger partial charge in [0.15, 0.2) is 0 Å². The molecule has 0 aromatic heterocycles. The molecule has 0 radical (unpaired) electrons. The SMILES string of the molecule is Cc1ccc(C=C(CCl)C(C)C)cc1C. The number of halogens is 1. The Balaban J connectivity index is 3.01. The monoisotopic (exact) mass is 222 g/mol. The Morgan fingerprint density at radius 2 is 1.93 bits per heavy atom. The molecule has 0 bridgehead atoms. The number of hydrogen-bond acceptors (Lipinski definition) is 0. The molecule has 0 aliphatic rings. The van der Waals surface area contributed by atoms with Crippen molar-refractivity contribution in [3.8, 4) is 0 Å². The summed E-state index contributed by atoms with van der Waals surface area (Å²) < 4.78 is 0. The second kappa shape index (κ2) is 5.37. The molecule has 0 saturated heterocycles. The second-order valence-electron chi connectivity index (χ2n) is 4.35. The molecule has 0 aliphatic heterocycles. The zero-order chi connectivity index (χ0) is 11.4. The second-order valence-corrected chi connectivity index (χ2v) is 4.62. The van der Waals surface area contributed by atoms with E-state index in [1.807, 2.05) is 0 Å². The number of allylic oxidation sites excluding steroid dienone is 1. The lowest BCUT2D eigenvalue weighted by atomic mass is 10.00. The minimum atomic E-state index is 0.518. The van der Waals surface area contributed by atoms with Crippen LogP contribution in [0, 0.1) is 19.8 Å². The van der Waals surface area contributed by atoms with Crippen molar-refractivity contribution in [3.05, 3.63) is 40.5 Å². The van der Waals surface area contributed by atoms with Crippen LogP contribution in [-0.2, 0) is 0 Å². The predicted octanol–water partition coefficient (Wildman–Crippen LogP) is 4.58. The van der Waals surface area contributed by atoms with Gasteiger partial charge in [0, 0.05) is 5.88 Å². The zero-order valence-electron chi connectivity index (χ0n) is 9.97. The highest BCUT2D eigenvalue weighted by atomic mass is 35.5. The fourth-order valence-electron chi connectivity index (χ4n) is 1.43. The van der Waals surface area contributed by atoms with Crippen LogP contribution in [0.1, 0.15) is 30.5 Å². The molecule has 0 fully saturated rings. The predicted molar refractivity (Wildman–Crippen MR) is 69.5 cm³/mol. The first kappa shape index (κ1) is 12.3. The van der Waals surface area contributed by atoms with Gasteiger partial charge in [-0.05, 0) is 36.5 Å². The van der Waals surface area contributed by atoms with Crippen LogP contribution in [0.15, 0.2) is 23.8 Å². The summed E-state index contributed by atoms with van der Waals surface area (Å²) in [5.74, 6) is 1.13. The minimum absolute atomic E-state index is 0.518. The van der Waals surface area contributed by atoms with Gasteiger partial charge < -0.3 is 0 Å². The molecule has 0 N–H and O–H groups in total. The van der Waals surface area contributed by atoms with Gasteiger partial charge in [0.1, 0.15) is 0 Å². The molecular weight excluding hydrogens is 204 g/mol. The van der Waals surface area contributed by atoms with Gasteiger partial charge in [-0.1, -0.05) is 43.7 Å². The lowest BCUT2D eigenvalue weighted by Crippen LogP contribution is -1.95. The Morgan fingerprint density at radius 3 is 2.40 bits per heavy atom. The first-order valence-corrected chi connectivity index (χ1v) is 5.91. The van der Waals surface area contributed by atoms with Crippen molar-refractivity contribution in [2.75, 3.05) is 5.88 Å². The number of aryl methyl sites for hydroxylation is 2. The minimum Gasteiger partial charge on any atom is -0.122 e. The van der Waals surface area contributed by atoms with E-state index in [0.29, 0.717) is 11.8 Å². The molecule has 1 rings (SSSR count). The molecule has 15 heavy (non-hydrogen) atoms. The lowest BCUT2D eigenvalue weighted by molar-refractivity contribution is 0.778. The van der Waals surface area contributed by atoms with E-state index in [9.17, 15) is 0 Å². The van der Waals surface area contributed by atoms with Crippen LogP contribution in [0.4, 0.5) is 0 Å². The molecule has 0 spiro atoms. The molecule has 1 aromatic rings. The van der Waals surface area contributed by atoms with Gasteiger partial charge in [0.2, 0.25) is 0 Å². The van der Waals surface area contributed by atoms with Crippen LogP contribution < -0.4 is 0 Å². The number of alkyl halides is 1. The molecule has 0 amide bonds. The molecule has 0 atom stereocenters. The Labute approximate surface area is 98.0 Å². The Kier molecular flexibility index (Phi) is 4.41. The van der Waals surface area contributed by atoms with E-state index < -0.39 is 0 Å². The number of benzene rings is 1. The van der Waals surface area contributed by atoms with Crippen LogP contribution in [0.2, 0.25) is 0 Å². The molecular formula is C14H19Cl. The molecule has 0 unspecified atom stereocenters. The topological polar surface area (TPSA) is 0 Å².